The molecule has 4 radical (unpaired) electrons. The quantitative estimate of drug-likeness (QED) is 0.0804. The number of furan rings is 3. The predicted molar refractivity (Wildman–Crippen MR) is 627 cm³/mol. The van der Waals surface area contributed by atoms with E-state index in [9.17, 15) is 0 Å². The normalized spacial score (nSPS) is 12.3. The molecule has 150 heavy (non-hydrogen) atoms. The maximum absolute atomic E-state index is 7.71. The number of pyridine rings is 8. The molecule has 0 spiro atoms. The van der Waals surface area contributed by atoms with Gasteiger partial charge in [0, 0.05) is 156 Å². The number of hydrogen-bond donors (Lipinski definition) is 0. The van der Waals surface area contributed by atoms with Gasteiger partial charge in [0.05, 0.1) is 62.6 Å². The Kier molecular flexibility index (Phi) is 33.8. The van der Waals surface area contributed by atoms with Crippen LogP contribution in [0.4, 0.5) is 0 Å². The van der Waals surface area contributed by atoms with Crippen molar-refractivity contribution in [2.45, 2.75) is 112 Å². The zero-order valence-corrected chi connectivity index (χ0v) is 102. The van der Waals surface area contributed by atoms with Crippen LogP contribution in [-0.4, -0.2) is 80.2 Å². The van der Waals surface area contributed by atoms with Gasteiger partial charge in [0.1, 0.15) is 16.7 Å². The molecule has 0 aliphatic rings. The van der Waals surface area contributed by atoms with Crippen LogP contribution in [-0.2, 0) is 80.4 Å². The molecule has 0 amide bonds. The van der Waals surface area contributed by atoms with Crippen molar-refractivity contribution in [3.63, 3.8) is 0 Å². The number of nitrogens with zero attached hydrogens (tertiary/aromatic N) is 8. The number of thiophene rings is 1. The Hall–Kier alpha value is -12.9. The Morgan fingerprint density at radius 2 is 0.687 bits per heavy atom. The Bertz CT molecular complexity index is 8950. The van der Waals surface area contributed by atoms with Crippen LogP contribution in [0.2, 0.25) is 98.2 Å². The molecule has 0 atom stereocenters. The summed E-state index contributed by atoms with van der Waals surface area (Å²) < 4.78 is 111. The van der Waals surface area contributed by atoms with E-state index in [0.29, 0.717) is 28.1 Å². The van der Waals surface area contributed by atoms with Gasteiger partial charge < -0.3 is 53.1 Å². The predicted octanol–water partition coefficient (Wildman–Crippen LogP) is 31.8. The fourth-order valence-corrected chi connectivity index (χ4v) is 24.3. The summed E-state index contributed by atoms with van der Waals surface area (Å²) in [6.07, 6.45) is 12.9. The van der Waals surface area contributed by atoms with E-state index < -0.39 is 40.4 Å². The second-order valence-electron chi connectivity index (χ2n) is 40.1. The minimum absolute atomic E-state index is 0. The monoisotopic (exact) mass is 2780 g/mol. The molecule has 0 bridgehead atoms. The van der Waals surface area contributed by atoms with Gasteiger partial charge in [-0.1, -0.05) is 293 Å². The molecular formula is C129H116Ir4N8O3SSi5-8. The van der Waals surface area contributed by atoms with Gasteiger partial charge in [-0.3, -0.25) is 0 Å². The first-order valence-electron chi connectivity index (χ1n) is 54.2. The van der Waals surface area contributed by atoms with Crippen LogP contribution in [0.3, 0.4) is 0 Å². The Morgan fingerprint density at radius 1 is 0.260 bits per heavy atom. The number of rotatable bonds is 13. The fourth-order valence-electron chi connectivity index (χ4n) is 16.6. The van der Waals surface area contributed by atoms with Gasteiger partial charge in [0.15, 0.2) is 0 Å². The number of aryl methyl sites for hydroxylation is 2. The summed E-state index contributed by atoms with van der Waals surface area (Å²) in [4.78, 5) is 35.2. The smallest absolute Gasteiger partial charge is 0.120 e. The van der Waals surface area contributed by atoms with Gasteiger partial charge in [-0.25, -0.2) is 0 Å². The molecule has 12 aromatic carbocycles. The van der Waals surface area contributed by atoms with Gasteiger partial charge in [-0.15, -0.1) is 233 Å². The van der Waals surface area contributed by atoms with Crippen LogP contribution in [0.25, 0.3) is 176 Å². The van der Waals surface area contributed by atoms with E-state index in [1.54, 1.807) is 73.1 Å². The molecule has 760 valence electrons. The third-order valence-electron chi connectivity index (χ3n) is 24.3. The first-order chi connectivity index (χ1) is 75.3. The summed E-state index contributed by atoms with van der Waals surface area (Å²) >= 11 is 1.83. The molecule has 24 aromatic rings. The average molecular weight is 2780 g/mol. The zero-order valence-electron chi connectivity index (χ0n) is 98.1. The molecule has 0 saturated carbocycles. The summed E-state index contributed by atoms with van der Waals surface area (Å²) in [6.45, 7) is 39.6. The van der Waals surface area contributed by atoms with Crippen LogP contribution in [0.1, 0.15) is 27.6 Å². The summed E-state index contributed by atoms with van der Waals surface area (Å²) in [5, 5.41) is 16.4. The molecule has 0 aliphatic heterocycles. The van der Waals surface area contributed by atoms with Crippen LogP contribution in [0.5, 0.6) is 0 Å². The maximum atomic E-state index is 7.71. The van der Waals surface area contributed by atoms with Gasteiger partial charge in [0.2, 0.25) is 0 Å². The first kappa shape index (κ1) is 97.9. The minimum atomic E-state index is -1.38. The average Bonchev–Trinajstić information content (AvgIpc) is 1.62. The Morgan fingerprint density at radius 3 is 1.17 bits per heavy atom. The molecule has 12 aromatic heterocycles. The second kappa shape index (κ2) is 51.8. The number of para-hydroxylation sites is 3. The summed E-state index contributed by atoms with van der Waals surface area (Å²) in [6, 6.07) is 114. The van der Waals surface area contributed by atoms with E-state index >= 15 is 0 Å². The van der Waals surface area contributed by atoms with Crippen LogP contribution in [0, 0.1) is 62.4 Å². The molecular weight excluding hydrogens is 2650 g/mol. The van der Waals surface area contributed by atoms with E-state index in [1.807, 2.05) is 127 Å². The molecule has 21 heteroatoms. The van der Waals surface area contributed by atoms with Gasteiger partial charge >= 0.3 is 0 Å². The summed E-state index contributed by atoms with van der Waals surface area (Å²) in [5.74, 6) is 0. The van der Waals surface area contributed by atoms with Crippen LogP contribution in [0.15, 0.2) is 408 Å². The molecule has 0 aliphatic carbocycles. The number of fused-ring (bicyclic) bond motifs is 12. The number of hydrogen-bond acceptors (Lipinski definition) is 12. The fraction of sp³-hybridized carbons (Fsp3) is 0.132. The van der Waals surface area contributed by atoms with Crippen molar-refractivity contribution in [1.82, 2.24) is 39.9 Å². The Labute approximate surface area is 961 Å². The molecule has 12 heterocycles. The van der Waals surface area contributed by atoms with Crippen molar-refractivity contribution >= 4 is 164 Å². The van der Waals surface area contributed by atoms with E-state index in [2.05, 4.69) is 319 Å². The molecule has 0 N–H and O–H groups in total. The zero-order chi connectivity index (χ0) is 113. The summed E-state index contributed by atoms with van der Waals surface area (Å²) in [5.41, 5.74) is 20.3. The minimum Gasteiger partial charge on any atom is -0.501 e. The van der Waals surface area contributed by atoms with Crippen LogP contribution >= 0.6 is 11.3 Å². The summed E-state index contributed by atoms with van der Waals surface area (Å²) in [7, 11) is -6.60. The van der Waals surface area contributed by atoms with E-state index in [4.69, 9.17) is 44.7 Å². The topological polar surface area (TPSA) is 143 Å². The van der Waals surface area contributed by atoms with Gasteiger partial charge in [0.25, 0.3) is 0 Å². The number of aromatic nitrogens is 8. The maximum Gasteiger partial charge on any atom is 0.120 e. The molecule has 24 rings (SSSR count). The largest absolute Gasteiger partial charge is 0.501 e. The van der Waals surface area contributed by atoms with E-state index in [1.165, 1.54) is 57.2 Å². The van der Waals surface area contributed by atoms with Crippen molar-refractivity contribution in [2.24, 2.45) is 0 Å². The van der Waals surface area contributed by atoms with Gasteiger partial charge in [-0.05, 0) is 144 Å². The van der Waals surface area contributed by atoms with E-state index in [0.717, 1.165) is 122 Å². The van der Waals surface area contributed by atoms with Crippen molar-refractivity contribution in [3.05, 3.63) is 455 Å². The van der Waals surface area contributed by atoms with Crippen molar-refractivity contribution in [1.29, 1.82) is 0 Å². The molecule has 11 nitrogen and oxygen atoms in total. The SMILES string of the molecule is C[Si](C)(C)c1ccc(-c2[c-]cc3oc4ccccc4c3c2)nc1.C[Si](C)(C)c1ccc(-c2[c-]cc3sc4ccccc4c3c2)nc1.C[Si](C)(C)c1ccnc(-c2[c-]cccc2)c1.Cc1cc(-c2[c-]cc3oc4ccccc4c3c2)ncc1[Si](C)(C)C.Cc1cc(-c2[c-]ccc3c2oc2ccccc23)ncc1[Si](C)(C)C.[2H]c1[c-]c(-c2ccccn2)c([2H])c([2H])c1[2H].[2H]c1[c-]c(-c2ccccn2)c([2H])c([2H])c1[2H].[2H]c1nc(-c2[c-]cccc2)c([2H])c([2H])c1[2H].[Ir].[Ir].[Ir].[Ir]. The van der Waals surface area contributed by atoms with Gasteiger partial charge in [-0.2, -0.15) is 11.3 Å². The number of benzene rings is 12. The third kappa shape index (κ3) is 28.9. The van der Waals surface area contributed by atoms with Crippen molar-refractivity contribution in [3.8, 4) is 90.1 Å². The molecule has 0 fully saturated rings. The molecule has 0 unspecified atom stereocenters. The third-order valence-corrected chi connectivity index (χ3v) is 35.8. The van der Waals surface area contributed by atoms with Crippen molar-refractivity contribution in [2.75, 3.05) is 0 Å². The second-order valence-corrected chi connectivity index (χ2v) is 66.5. The first-order valence-corrected chi connectivity index (χ1v) is 66.5. The standard InChI is InChI=1S/2C21H20NOSi.C20H18NOSi.C20H18NSSi.C14H16NSi.3C11H8N.4Ir/c1-14-12-18(22-13-20(14)24(2,3)4)17-10-7-9-16-15-8-5-6-11-19(15)23-21(16)17;1-14-11-18(22-13-21(14)24(2,3)4)15-9-10-20-17(12-15)16-7-5-6-8-19(16)23-20;2*1-23(2,3)15-9-10-18(21-13-15)14-8-11-20-17(12-14)16-6-4-5-7-19(16)22-20;1-16(2,3)13-9-10-15-14(11-13)12-7-5-4-6-8-12;3*1-2-6-10(7-3-1)11-8-4-5-9-12-11;;;;/h5-9,11-13H,1-4H3;5-8,10-13H,1-4H3;2*4-7,9-13H,1-3H3;4-7,9-11H,1-3H3;3*1-6,8-9H;;;;/q8*-1;;;;/i;;;;;4D,5D,8D,9D;2*1D,2D,3D,6D;;;;. The van der Waals surface area contributed by atoms with E-state index in [-0.39, 0.29) is 159 Å². The van der Waals surface area contributed by atoms with Crippen LogP contribution < -0.4 is 25.9 Å². The van der Waals surface area contributed by atoms with Crippen molar-refractivity contribution < 1.29 is 110 Å². The Balaban J connectivity index is 0.000000153. The molecule has 0 saturated heterocycles.